The number of nitrogens with zero attached hydrogens (tertiary/aromatic N) is 6. The molecule has 0 unspecified atom stereocenters. The third kappa shape index (κ3) is 2.21. The van der Waals surface area contributed by atoms with Gasteiger partial charge in [-0.2, -0.15) is 0 Å². The number of likely N-dealkylation sites (N-methyl/N-ethyl adjacent to an activating group) is 1. The number of aromatic carboxylic acids is 1. The molecule has 17 heavy (non-hydrogen) atoms. The van der Waals surface area contributed by atoms with Gasteiger partial charge in [-0.15, -0.1) is 5.10 Å². The Balaban J connectivity index is 2.40. The summed E-state index contributed by atoms with van der Waals surface area (Å²) >= 11 is 0. The Morgan fingerprint density at radius 2 is 2.24 bits per heavy atom. The first-order valence-corrected chi connectivity index (χ1v) is 5.02. The molecular formula is C9H12N6O2. The summed E-state index contributed by atoms with van der Waals surface area (Å²) in [7, 11) is 3.88. The Labute approximate surface area is 96.9 Å². The van der Waals surface area contributed by atoms with E-state index in [-0.39, 0.29) is 11.2 Å². The minimum absolute atomic E-state index is 0.119. The SMILES string of the molecule is CN(C)CCn1nnc2c(C(=O)O)ncnc21. The van der Waals surface area contributed by atoms with Crippen LogP contribution in [0.1, 0.15) is 10.5 Å². The Hall–Kier alpha value is -2.09. The van der Waals surface area contributed by atoms with E-state index in [0.717, 1.165) is 6.54 Å². The van der Waals surface area contributed by atoms with E-state index in [4.69, 9.17) is 5.11 Å². The van der Waals surface area contributed by atoms with Gasteiger partial charge in [-0.1, -0.05) is 5.21 Å². The van der Waals surface area contributed by atoms with Gasteiger partial charge in [0, 0.05) is 6.54 Å². The zero-order valence-corrected chi connectivity index (χ0v) is 9.53. The highest BCUT2D eigenvalue weighted by molar-refractivity contribution is 5.97. The maximum atomic E-state index is 10.9. The number of rotatable bonds is 4. The molecule has 0 atom stereocenters. The molecule has 0 radical (unpaired) electrons. The predicted molar refractivity (Wildman–Crippen MR) is 58.6 cm³/mol. The first kappa shape index (κ1) is 11.4. The van der Waals surface area contributed by atoms with Crippen LogP contribution in [0, 0.1) is 0 Å². The number of fused-ring (bicyclic) bond motifs is 1. The number of carboxylic acid groups (broad SMARTS) is 1. The van der Waals surface area contributed by atoms with Crippen LogP contribution in [-0.4, -0.2) is 61.6 Å². The van der Waals surface area contributed by atoms with E-state index in [0.29, 0.717) is 12.2 Å². The molecule has 0 aliphatic rings. The molecular weight excluding hydrogens is 224 g/mol. The molecule has 0 bridgehead atoms. The van der Waals surface area contributed by atoms with Crippen LogP contribution in [0.3, 0.4) is 0 Å². The van der Waals surface area contributed by atoms with Crippen LogP contribution >= 0.6 is 0 Å². The summed E-state index contributed by atoms with van der Waals surface area (Å²) in [6, 6.07) is 0. The summed E-state index contributed by atoms with van der Waals surface area (Å²) < 4.78 is 1.57. The first-order chi connectivity index (χ1) is 8.09. The Bertz CT molecular complexity index is 549. The fourth-order valence-electron chi connectivity index (χ4n) is 1.39. The molecule has 0 spiro atoms. The minimum atomic E-state index is -1.13. The largest absolute Gasteiger partial charge is 0.476 e. The third-order valence-corrected chi connectivity index (χ3v) is 2.26. The maximum Gasteiger partial charge on any atom is 0.357 e. The third-order valence-electron chi connectivity index (χ3n) is 2.26. The van der Waals surface area contributed by atoms with Gasteiger partial charge in [0.1, 0.15) is 6.33 Å². The van der Waals surface area contributed by atoms with Gasteiger partial charge in [0.25, 0.3) is 0 Å². The van der Waals surface area contributed by atoms with Crippen LogP contribution in [0.15, 0.2) is 6.33 Å². The van der Waals surface area contributed by atoms with Crippen molar-refractivity contribution in [1.82, 2.24) is 29.9 Å². The molecule has 1 N–H and O–H groups in total. The zero-order chi connectivity index (χ0) is 12.4. The topological polar surface area (TPSA) is 97.0 Å². The van der Waals surface area contributed by atoms with Crippen molar-refractivity contribution in [1.29, 1.82) is 0 Å². The fourth-order valence-corrected chi connectivity index (χ4v) is 1.39. The van der Waals surface area contributed by atoms with Crippen LogP contribution in [0.5, 0.6) is 0 Å². The lowest BCUT2D eigenvalue weighted by molar-refractivity contribution is 0.0692. The van der Waals surface area contributed by atoms with Crippen molar-refractivity contribution in [2.45, 2.75) is 6.54 Å². The number of hydrogen-bond acceptors (Lipinski definition) is 6. The van der Waals surface area contributed by atoms with Gasteiger partial charge in [-0.05, 0) is 14.1 Å². The quantitative estimate of drug-likeness (QED) is 0.762. The van der Waals surface area contributed by atoms with Crippen molar-refractivity contribution in [3.8, 4) is 0 Å². The monoisotopic (exact) mass is 236 g/mol. The van der Waals surface area contributed by atoms with E-state index in [1.807, 2.05) is 19.0 Å². The molecule has 2 heterocycles. The molecule has 2 aromatic rings. The van der Waals surface area contributed by atoms with Crippen molar-refractivity contribution in [3.05, 3.63) is 12.0 Å². The second-order valence-corrected chi connectivity index (χ2v) is 3.82. The van der Waals surface area contributed by atoms with E-state index in [9.17, 15) is 4.79 Å². The highest BCUT2D eigenvalue weighted by atomic mass is 16.4. The Morgan fingerprint density at radius 3 is 2.88 bits per heavy atom. The first-order valence-electron chi connectivity index (χ1n) is 5.02. The zero-order valence-electron chi connectivity index (χ0n) is 9.53. The van der Waals surface area contributed by atoms with Gasteiger partial charge in [0.05, 0.1) is 6.54 Å². The van der Waals surface area contributed by atoms with E-state index in [1.54, 1.807) is 4.68 Å². The van der Waals surface area contributed by atoms with E-state index in [2.05, 4.69) is 20.3 Å². The van der Waals surface area contributed by atoms with Crippen LogP contribution in [0.4, 0.5) is 0 Å². The average Bonchev–Trinajstić information content (AvgIpc) is 2.68. The van der Waals surface area contributed by atoms with E-state index >= 15 is 0 Å². The number of hydrogen-bond donors (Lipinski definition) is 1. The summed E-state index contributed by atoms with van der Waals surface area (Å²) in [4.78, 5) is 20.6. The van der Waals surface area contributed by atoms with Gasteiger partial charge in [0.2, 0.25) is 0 Å². The van der Waals surface area contributed by atoms with E-state index in [1.165, 1.54) is 6.33 Å². The molecule has 8 nitrogen and oxygen atoms in total. The average molecular weight is 236 g/mol. The molecule has 0 aromatic carbocycles. The Morgan fingerprint density at radius 1 is 1.47 bits per heavy atom. The summed E-state index contributed by atoms with van der Waals surface area (Å²) in [5, 5.41) is 16.6. The lowest BCUT2D eigenvalue weighted by Crippen LogP contribution is -2.19. The molecule has 0 saturated heterocycles. The van der Waals surface area contributed by atoms with Gasteiger partial charge >= 0.3 is 5.97 Å². The molecule has 90 valence electrons. The van der Waals surface area contributed by atoms with Crippen LogP contribution < -0.4 is 0 Å². The standard InChI is InChI=1S/C9H12N6O2/c1-14(2)3-4-15-8-6(12-13-15)7(9(16)17)10-5-11-8/h5H,3-4H2,1-2H3,(H,16,17). The van der Waals surface area contributed by atoms with Crippen LogP contribution in [0.25, 0.3) is 11.2 Å². The smallest absolute Gasteiger partial charge is 0.357 e. The number of carboxylic acids is 1. The van der Waals surface area contributed by atoms with Crippen molar-refractivity contribution in [2.75, 3.05) is 20.6 Å². The van der Waals surface area contributed by atoms with Gasteiger partial charge < -0.3 is 10.0 Å². The van der Waals surface area contributed by atoms with Crippen LogP contribution in [0.2, 0.25) is 0 Å². The van der Waals surface area contributed by atoms with Crippen LogP contribution in [-0.2, 0) is 6.54 Å². The molecule has 0 aliphatic carbocycles. The predicted octanol–water partition coefficient (Wildman–Crippen LogP) is -0.519. The molecule has 2 aromatic heterocycles. The molecule has 0 aliphatic heterocycles. The lowest BCUT2D eigenvalue weighted by atomic mass is 10.3. The fraction of sp³-hybridized carbons (Fsp3) is 0.444. The summed E-state index contributed by atoms with van der Waals surface area (Å²) in [6.45, 7) is 1.37. The second-order valence-electron chi connectivity index (χ2n) is 3.82. The van der Waals surface area contributed by atoms with Crippen molar-refractivity contribution in [3.63, 3.8) is 0 Å². The second kappa shape index (κ2) is 4.42. The van der Waals surface area contributed by atoms with Crippen molar-refractivity contribution < 1.29 is 9.90 Å². The van der Waals surface area contributed by atoms with Gasteiger partial charge in [-0.3, -0.25) is 0 Å². The summed E-state index contributed by atoms with van der Waals surface area (Å²) in [5.41, 5.74) is 0.545. The summed E-state index contributed by atoms with van der Waals surface area (Å²) in [6.07, 6.45) is 1.21. The van der Waals surface area contributed by atoms with E-state index < -0.39 is 5.97 Å². The minimum Gasteiger partial charge on any atom is -0.476 e. The van der Waals surface area contributed by atoms with Gasteiger partial charge in [-0.25, -0.2) is 19.4 Å². The van der Waals surface area contributed by atoms with Crippen molar-refractivity contribution >= 4 is 17.1 Å². The highest BCUT2D eigenvalue weighted by Gasteiger charge is 2.16. The maximum absolute atomic E-state index is 10.9. The summed E-state index contributed by atoms with van der Waals surface area (Å²) in [5.74, 6) is -1.13. The van der Waals surface area contributed by atoms with Gasteiger partial charge in [0.15, 0.2) is 16.9 Å². The Kier molecular flexibility index (Phi) is 2.96. The number of aromatic nitrogens is 5. The molecule has 0 saturated carbocycles. The molecule has 0 fully saturated rings. The number of carbonyl (C=O) groups is 1. The molecule has 0 amide bonds. The molecule has 8 heteroatoms. The highest BCUT2D eigenvalue weighted by Crippen LogP contribution is 2.10. The lowest BCUT2D eigenvalue weighted by Gasteiger charge is -2.08. The normalized spacial score (nSPS) is 11.2. The van der Waals surface area contributed by atoms with Crippen molar-refractivity contribution in [2.24, 2.45) is 0 Å². The molecule has 2 rings (SSSR count).